The van der Waals surface area contributed by atoms with E-state index in [0.717, 1.165) is 18.2 Å². The molecule has 0 heterocycles. The second-order valence-corrected chi connectivity index (χ2v) is 4.17. The van der Waals surface area contributed by atoms with Crippen LogP contribution in [0, 0.1) is 11.6 Å². The summed E-state index contributed by atoms with van der Waals surface area (Å²) >= 11 is 0. The van der Waals surface area contributed by atoms with Gasteiger partial charge in [0.05, 0.1) is 13.7 Å². The van der Waals surface area contributed by atoms with Gasteiger partial charge >= 0.3 is 0 Å². The molecule has 0 atom stereocenters. The lowest BCUT2D eigenvalue weighted by molar-refractivity contribution is 0.269. The number of hydrogen-bond acceptors (Lipinski definition) is 3. The zero-order valence-corrected chi connectivity index (χ0v) is 10.9. The Hall–Kier alpha value is -2.14. The smallest absolute Gasteiger partial charge is 0.162 e. The number of ether oxygens (including phenoxy) is 2. The minimum atomic E-state index is -0.538. The summed E-state index contributed by atoms with van der Waals surface area (Å²) in [6.45, 7) is -0.274. The van der Waals surface area contributed by atoms with E-state index >= 15 is 0 Å². The van der Waals surface area contributed by atoms with Crippen LogP contribution in [0.4, 0.5) is 8.78 Å². The number of aliphatic hydroxyl groups excluding tert-OH is 1. The van der Waals surface area contributed by atoms with Crippen molar-refractivity contribution in [1.29, 1.82) is 0 Å². The van der Waals surface area contributed by atoms with E-state index in [1.807, 2.05) is 0 Å². The Labute approximate surface area is 115 Å². The minimum absolute atomic E-state index is 0.112. The summed E-state index contributed by atoms with van der Waals surface area (Å²) in [5.41, 5.74) is 0.752. The van der Waals surface area contributed by atoms with Crippen LogP contribution < -0.4 is 9.47 Å². The molecule has 0 fully saturated rings. The fourth-order valence-electron chi connectivity index (χ4n) is 1.74. The SMILES string of the molecule is COc1ccc(CO)cc1OCc1cc(F)ccc1F. The summed E-state index contributed by atoms with van der Waals surface area (Å²) in [5, 5.41) is 9.09. The maximum atomic E-state index is 13.5. The van der Waals surface area contributed by atoms with E-state index in [0.29, 0.717) is 17.1 Å². The van der Waals surface area contributed by atoms with Crippen molar-refractivity contribution in [3.8, 4) is 11.5 Å². The summed E-state index contributed by atoms with van der Waals surface area (Å²) in [6, 6.07) is 8.10. The van der Waals surface area contributed by atoms with Crippen molar-refractivity contribution in [1.82, 2.24) is 0 Å². The summed E-state index contributed by atoms with van der Waals surface area (Å²) in [7, 11) is 1.48. The molecule has 0 aliphatic rings. The van der Waals surface area contributed by atoms with Crippen LogP contribution in [-0.2, 0) is 13.2 Å². The van der Waals surface area contributed by atoms with Gasteiger partial charge in [-0.1, -0.05) is 6.07 Å². The van der Waals surface area contributed by atoms with E-state index in [1.165, 1.54) is 7.11 Å². The van der Waals surface area contributed by atoms with Crippen LogP contribution in [0.15, 0.2) is 36.4 Å². The number of rotatable bonds is 5. The maximum Gasteiger partial charge on any atom is 0.162 e. The summed E-state index contributed by atoms with van der Waals surface area (Å²) in [4.78, 5) is 0. The highest BCUT2D eigenvalue weighted by molar-refractivity contribution is 5.43. The van der Waals surface area contributed by atoms with Gasteiger partial charge in [-0.2, -0.15) is 0 Å². The van der Waals surface area contributed by atoms with Gasteiger partial charge in [0, 0.05) is 5.56 Å². The van der Waals surface area contributed by atoms with Crippen molar-refractivity contribution in [3.63, 3.8) is 0 Å². The molecule has 1 N–H and O–H groups in total. The molecule has 106 valence electrons. The van der Waals surface area contributed by atoms with Crippen LogP contribution in [-0.4, -0.2) is 12.2 Å². The predicted molar refractivity (Wildman–Crippen MR) is 69.6 cm³/mol. The molecular formula is C15H14F2O3. The zero-order chi connectivity index (χ0) is 14.5. The summed E-state index contributed by atoms with van der Waals surface area (Å²) < 4.78 is 37.1. The number of halogens is 2. The third-order valence-electron chi connectivity index (χ3n) is 2.80. The molecule has 0 aromatic heterocycles. The third-order valence-corrected chi connectivity index (χ3v) is 2.80. The number of benzene rings is 2. The van der Waals surface area contributed by atoms with Crippen molar-refractivity contribution in [2.75, 3.05) is 7.11 Å². The number of aliphatic hydroxyl groups is 1. The first-order chi connectivity index (χ1) is 9.63. The van der Waals surface area contributed by atoms with Crippen LogP contribution in [0.3, 0.4) is 0 Å². The molecule has 0 saturated carbocycles. The van der Waals surface area contributed by atoms with Crippen molar-refractivity contribution in [3.05, 3.63) is 59.2 Å². The third kappa shape index (κ3) is 3.24. The molecule has 2 aromatic carbocycles. The predicted octanol–water partition coefficient (Wildman–Crippen LogP) is 3.04. The summed E-state index contributed by atoms with van der Waals surface area (Å²) in [6.07, 6.45) is 0. The van der Waals surface area contributed by atoms with Gasteiger partial charge in [-0.3, -0.25) is 0 Å². The molecule has 0 aliphatic heterocycles. The van der Waals surface area contributed by atoms with E-state index < -0.39 is 11.6 Å². The Morgan fingerprint density at radius 1 is 1.05 bits per heavy atom. The standard InChI is InChI=1S/C15H14F2O3/c1-19-14-5-2-10(8-18)6-15(14)20-9-11-7-12(16)3-4-13(11)17/h2-7,18H,8-9H2,1H3. The lowest BCUT2D eigenvalue weighted by atomic mass is 10.2. The fraction of sp³-hybridized carbons (Fsp3) is 0.200. The average molecular weight is 280 g/mol. The first-order valence-electron chi connectivity index (χ1n) is 5.98. The van der Waals surface area contributed by atoms with E-state index in [9.17, 15) is 8.78 Å². The van der Waals surface area contributed by atoms with Gasteiger partial charge in [0.2, 0.25) is 0 Å². The van der Waals surface area contributed by atoms with Crippen LogP contribution in [0.1, 0.15) is 11.1 Å². The van der Waals surface area contributed by atoms with Gasteiger partial charge in [-0.25, -0.2) is 8.78 Å². The van der Waals surface area contributed by atoms with Gasteiger partial charge < -0.3 is 14.6 Å². The summed E-state index contributed by atoms with van der Waals surface area (Å²) in [5.74, 6) is -0.244. The second-order valence-electron chi connectivity index (χ2n) is 4.17. The quantitative estimate of drug-likeness (QED) is 0.915. The first-order valence-corrected chi connectivity index (χ1v) is 5.98. The van der Waals surface area contributed by atoms with E-state index in [1.54, 1.807) is 18.2 Å². The Balaban J connectivity index is 2.19. The molecule has 0 amide bonds. The lowest BCUT2D eigenvalue weighted by Gasteiger charge is -2.12. The monoisotopic (exact) mass is 280 g/mol. The maximum absolute atomic E-state index is 13.5. The van der Waals surface area contributed by atoms with E-state index in [4.69, 9.17) is 14.6 Å². The Morgan fingerprint density at radius 2 is 1.85 bits per heavy atom. The van der Waals surface area contributed by atoms with Gasteiger partial charge in [-0.15, -0.1) is 0 Å². The Bertz CT molecular complexity index is 600. The van der Waals surface area contributed by atoms with Crippen molar-refractivity contribution in [2.45, 2.75) is 13.2 Å². The van der Waals surface area contributed by atoms with Crippen molar-refractivity contribution >= 4 is 0 Å². The average Bonchev–Trinajstić information content (AvgIpc) is 2.47. The lowest BCUT2D eigenvalue weighted by Crippen LogP contribution is -2.01. The van der Waals surface area contributed by atoms with Crippen molar-refractivity contribution < 1.29 is 23.4 Å². The number of methoxy groups -OCH3 is 1. The highest BCUT2D eigenvalue weighted by atomic mass is 19.1. The molecule has 20 heavy (non-hydrogen) atoms. The van der Waals surface area contributed by atoms with Crippen LogP contribution in [0.2, 0.25) is 0 Å². The largest absolute Gasteiger partial charge is 0.493 e. The van der Waals surface area contributed by atoms with Gasteiger partial charge in [-0.05, 0) is 35.9 Å². The number of hydrogen-bond donors (Lipinski definition) is 1. The van der Waals surface area contributed by atoms with Crippen molar-refractivity contribution in [2.24, 2.45) is 0 Å². The molecule has 0 bridgehead atoms. The Kier molecular flexibility index (Phi) is 4.53. The molecule has 2 aromatic rings. The molecule has 5 heteroatoms. The Morgan fingerprint density at radius 3 is 2.55 bits per heavy atom. The van der Waals surface area contributed by atoms with Crippen LogP contribution >= 0.6 is 0 Å². The van der Waals surface area contributed by atoms with E-state index in [2.05, 4.69) is 0 Å². The topological polar surface area (TPSA) is 38.7 Å². The molecule has 3 nitrogen and oxygen atoms in total. The van der Waals surface area contributed by atoms with Crippen LogP contribution in [0.25, 0.3) is 0 Å². The molecule has 2 rings (SSSR count). The van der Waals surface area contributed by atoms with E-state index in [-0.39, 0.29) is 18.8 Å². The second kappa shape index (κ2) is 6.34. The molecular weight excluding hydrogens is 266 g/mol. The highest BCUT2D eigenvalue weighted by Gasteiger charge is 2.09. The fourth-order valence-corrected chi connectivity index (χ4v) is 1.74. The molecule has 0 spiro atoms. The zero-order valence-electron chi connectivity index (χ0n) is 10.9. The first kappa shape index (κ1) is 14.3. The molecule has 0 radical (unpaired) electrons. The normalized spacial score (nSPS) is 10.4. The van der Waals surface area contributed by atoms with Gasteiger partial charge in [0.1, 0.15) is 18.2 Å². The van der Waals surface area contributed by atoms with Crippen LogP contribution in [0.5, 0.6) is 11.5 Å². The van der Waals surface area contributed by atoms with Gasteiger partial charge in [0.25, 0.3) is 0 Å². The molecule has 0 unspecified atom stereocenters. The highest BCUT2D eigenvalue weighted by Crippen LogP contribution is 2.29. The molecule has 0 aliphatic carbocycles. The minimum Gasteiger partial charge on any atom is -0.493 e. The van der Waals surface area contributed by atoms with Gasteiger partial charge in [0.15, 0.2) is 11.5 Å². The molecule has 0 saturated heterocycles.